The molecule has 9 nitrogen and oxygen atoms in total. The van der Waals surface area contributed by atoms with Crippen LogP contribution in [-0.4, -0.2) is 73.7 Å². The summed E-state index contributed by atoms with van der Waals surface area (Å²) in [6.07, 6.45) is -9.00. The Morgan fingerprint density at radius 3 is 2.52 bits per heavy atom. The highest BCUT2D eigenvalue weighted by molar-refractivity contribution is 6.31. The fourth-order valence-electron chi connectivity index (χ4n) is 3.36. The molecule has 0 amide bonds. The summed E-state index contributed by atoms with van der Waals surface area (Å²) >= 11 is 6.18. The second-order valence-corrected chi connectivity index (χ2v) is 7.90. The van der Waals surface area contributed by atoms with Crippen LogP contribution in [0, 0.1) is 6.92 Å². The lowest BCUT2D eigenvalue weighted by Gasteiger charge is -2.27. The highest BCUT2D eigenvalue weighted by Crippen LogP contribution is 2.36. The molecule has 0 spiro atoms. The molecule has 178 valence electrons. The van der Waals surface area contributed by atoms with E-state index in [4.69, 9.17) is 21.4 Å². The molecule has 0 radical (unpaired) electrons. The normalized spacial score (nSPS) is 16.2. The number of aromatic nitrogens is 2. The number of alkyl halides is 1. The molecule has 1 unspecified atom stereocenters. The number of ether oxygens (including phenoxy) is 1. The predicted molar refractivity (Wildman–Crippen MR) is 121 cm³/mol. The van der Waals surface area contributed by atoms with Crippen molar-refractivity contribution in [1.82, 2.24) is 9.97 Å². The van der Waals surface area contributed by atoms with E-state index in [1.54, 1.807) is 12.1 Å². The monoisotopic (exact) mass is 481 g/mol. The van der Waals surface area contributed by atoms with Gasteiger partial charge in [-0.25, -0.2) is 14.4 Å². The standard InChI is InChI=1S/C22H25ClFN3O6/c1-10-13(23)4-3-5-14(10)27-22-11-7-17(33-2)12(6-15(11)25-9-26-22)19(30)18(24)21(32)20(31)16(29)8-28/h3-7,9,16,18-21,28-32H,8H2,1-2H3,(H,25,26,27)/t16-,18-,19?,20+,21+/m1/s1. The van der Waals surface area contributed by atoms with Crippen molar-refractivity contribution in [2.45, 2.75) is 37.5 Å². The van der Waals surface area contributed by atoms with E-state index in [1.807, 2.05) is 13.0 Å². The Morgan fingerprint density at radius 1 is 1.12 bits per heavy atom. The maximum absolute atomic E-state index is 14.8. The molecule has 2 aromatic carbocycles. The number of halogens is 2. The molecule has 0 bridgehead atoms. The maximum atomic E-state index is 14.8. The van der Waals surface area contributed by atoms with E-state index in [1.165, 1.54) is 25.6 Å². The number of nitrogens with one attached hydrogen (secondary N) is 1. The molecule has 3 rings (SSSR count). The SMILES string of the molecule is COc1cc2c(Nc3cccc(Cl)c3C)ncnc2cc1C(O)[C@@H](F)[C@H](O)[C@@H](O)[C@H](O)CO. The Balaban J connectivity index is 1.99. The lowest BCUT2D eigenvalue weighted by Crippen LogP contribution is -2.46. The molecule has 3 aromatic rings. The van der Waals surface area contributed by atoms with E-state index < -0.39 is 37.2 Å². The van der Waals surface area contributed by atoms with Gasteiger partial charge in [-0.15, -0.1) is 0 Å². The fourth-order valence-corrected chi connectivity index (χ4v) is 3.53. The van der Waals surface area contributed by atoms with Crippen molar-refractivity contribution in [2.75, 3.05) is 19.0 Å². The average molecular weight is 482 g/mol. The first-order chi connectivity index (χ1) is 15.7. The predicted octanol–water partition coefficient (Wildman–Crippen LogP) is 1.79. The van der Waals surface area contributed by atoms with Gasteiger partial charge in [0, 0.05) is 21.7 Å². The Hall–Kier alpha value is -2.60. The van der Waals surface area contributed by atoms with Gasteiger partial charge in [-0.1, -0.05) is 17.7 Å². The number of aliphatic hydroxyl groups is 5. The number of fused-ring (bicyclic) bond motifs is 1. The van der Waals surface area contributed by atoms with Crippen LogP contribution in [0.5, 0.6) is 5.75 Å². The van der Waals surface area contributed by atoms with Gasteiger partial charge < -0.3 is 35.6 Å². The number of methoxy groups -OCH3 is 1. The minimum Gasteiger partial charge on any atom is -0.496 e. The van der Waals surface area contributed by atoms with Crippen LogP contribution in [0.15, 0.2) is 36.7 Å². The number of benzene rings is 2. The van der Waals surface area contributed by atoms with Gasteiger partial charge in [0.05, 0.1) is 19.2 Å². The van der Waals surface area contributed by atoms with Crippen molar-refractivity contribution in [3.8, 4) is 5.75 Å². The Morgan fingerprint density at radius 2 is 1.85 bits per heavy atom. The minimum atomic E-state index is -2.40. The fraction of sp³-hybridized carbons (Fsp3) is 0.364. The summed E-state index contributed by atoms with van der Waals surface area (Å²) in [7, 11) is 1.32. The molecule has 6 N–H and O–H groups in total. The zero-order valence-corrected chi connectivity index (χ0v) is 18.6. The van der Waals surface area contributed by atoms with E-state index in [2.05, 4.69) is 15.3 Å². The molecular weight excluding hydrogens is 457 g/mol. The van der Waals surface area contributed by atoms with Gasteiger partial charge in [0.1, 0.15) is 42.3 Å². The molecule has 5 atom stereocenters. The van der Waals surface area contributed by atoms with Crippen molar-refractivity contribution in [1.29, 1.82) is 0 Å². The summed E-state index contributed by atoms with van der Waals surface area (Å²) in [5, 5.41) is 53.0. The minimum absolute atomic E-state index is 0.0363. The molecule has 33 heavy (non-hydrogen) atoms. The molecule has 0 aliphatic heterocycles. The van der Waals surface area contributed by atoms with Crippen molar-refractivity contribution in [2.24, 2.45) is 0 Å². The molecule has 0 saturated carbocycles. The Kier molecular flexibility index (Phi) is 8.01. The van der Waals surface area contributed by atoms with Gasteiger partial charge in [0.25, 0.3) is 0 Å². The van der Waals surface area contributed by atoms with Crippen LogP contribution >= 0.6 is 11.6 Å². The van der Waals surface area contributed by atoms with Gasteiger partial charge in [0.2, 0.25) is 0 Å². The van der Waals surface area contributed by atoms with E-state index in [0.717, 1.165) is 5.56 Å². The van der Waals surface area contributed by atoms with Crippen LogP contribution in [0.1, 0.15) is 17.2 Å². The van der Waals surface area contributed by atoms with E-state index in [-0.39, 0.29) is 11.3 Å². The highest BCUT2D eigenvalue weighted by atomic mass is 35.5. The molecular formula is C22H25ClFN3O6. The lowest BCUT2D eigenvalue weighted by molar-refractivity contribution is -0.119. The third-order valence-corrected chi connectivity index (χ3v) is 5.79. The maximum Gasteiger partial charge on any atom is 0.159 e. The quantitative estimate of drug-likeness (QED) is 0.269. The number of rotatable bonds is 9. The van der Waals surface area contributed by atoms with Crippen LogP contribution in [0.25, 0.3) is 10.9 Å². The number of nitrogens with zero attached hydrogens (tertiary/aromatic N) is 2. The summed E-state index contributed by atoms with van der Waals surface area (Å²) < 4.78 is 20.1. The van der Waals surface area contributed by atoms with Crippen LogP contribution in [0.2, 0.25) is 5.02 Å². The summed E-state index contributed by atoms with van der Waals surface area (Å²) in [5.41, 5.74) is 1.84. The third-order valence-electron chi connectivity index (χ3n) is 5.39. The van der Waals surface area contributed by atoms with Gasteiger partial charge >= 0.3 is 0 Å². The second-order valence-electron chi connectivity index (χ2n) is 7.49. The van der Waals surface area contributed by atoms with Gasteiger partial charge in [-0.3, -0.25) is 0 Å². The molecule has 0 fully saturated rings. The van der Waals surface area contributed by atoms with E-state index in [0.29, 0.717) is 27.4 Å². The van der Waals surface area contributed by atoms with E-state index >= 15 is 0 Å². The van der Waals surface area contributed by atoms with Gasteiger partial charge in [-0.05, 0) is 36.8 Å². The zero-order chi connectivity index (χ0) is 24.3. The first-order valence-corrected chi connectivity index (χ1v) is 10.4. The average Bonchev–Trinajstić information content (AvgIpc) is 2.83. The van der Waals surface area contributed by atoms with Crippen molar-refractivity contribution in [3.05, 3.63) is 52.8 Å². The number of hydrogen-bond acceptors (Lipinski definition) is 9. The topological polar surface area (TPSA) is 148 Å². The first-order valence-electron chi connectivity index (χ1n) is 10.0. The van der Waals surface area contributed by atoms with Crippen molar-refractivity contribution in [3.63, 3.8) is 0 Å². The summed E-state index contributed by atoms with van der Waals surface area (Å²) in [6, 6.07) is 8.25. The Bertz CT molecular complexity index is 1120. The smallest absolute Gasteiger partial charge is 0.159 e. The second kappa shape index (κ2) is 10.6. The van der Waals surface area contributed by atoms with Crippen LogP contribution in [0.4, 0.5) is 15.9 Å². The lowest BCUT2D eigenvalue weighted by atomic mass is 9.95. The van der Waals surface area contributed by atoms with Crippen molar-refractivity contribution < 1.29 is 34.7 Å². The summed E-state index contributed by atoms with van der Waals surface area (Å²) in [4.78, 5) is 8.43. The molecule has 0 aliphatic carbocycles. The largest absolute Gasteiger partial charge is 0.496 e. The van der Waals surface area contributed by atoms with Gasteiger partial charge in [0.15, 0.2) is 6.17 Å². The van der Waals surface area contributed by atoms with Crippen LogP contribution < -0.4 is 10.1 Å². The summed E-state index contributed by atoms with van der Waals surface area (Å²) in [5.74, 6) is 0.505. The number of anilines is 2. The third kappa shape index (κ3) is 5.16. The summed E-state index contributed by atoms with van der Waals surface area (Å²) in [6.45, 7) is 0.955. The molecule has 0 saturated heterocycles. The first kappa shape index (κ1) is 25.0. The molecule has 1 heterocycles. The number of hydrogen-bond donors (Lipinski definition) is 6. The van der Waals surface area contributed by atoms with Crippen LogP contribution in [-0.2, 0) is 0 Å². The van der Waals surface area contributed by atoms with Gasteiger partial charge in [-0.2, -0.15) is 0 Å². The Labute approximate surface area is 194 Å². The highest BCUT2D eigenvalue weighted by Gasteiger charge is 2.37. The molecule has 11 heteroatoms. The number of aliphatic hydroxyl groups excluding tert-OH is 5. The molecule has 1 aromatic heterocycles. The van der Waals surface area contributed by atoms with Crippen molar-refractivity contribution >= 4 is 34.0 Å². The molecule has 0 aliphatic rings. The van der Waals surface area contributed by atoms with Crippen LogP contribution in [0.3, 0.4) is 0 Å². The zero-order valence-electron chi connectivity index (χ0n) is 17.9. The van der Waals surface area contributed by atoms with E-state index in [9.17, 15) is 24.8 Å².